The van der Waals surface area contributed by atoms with Gasteiger partial charge in [0.1, 0.15) is 12.1 Å². The Kier molecular flexibility index (Phi) is 4.44. The minimum atomic E-state index is -1.23. The van der Waals surface area contributed by atoms with Gasteiger partial charge in [0, 0.05) is 39.6 Å². The van der Waals surface area contributed by atoms with Crippen LogP contribution in [0.5, 0.6) is 0 Å². The lowest BCUT2D eigenvalue weighted by atomic mass is 9.51. The largest absolute Gasteiger partial charge is 0.376 e. The van der Waals surface area contributed by atoms with E-state index >= 15 is 0 Å². The molecule has 0 N–H and O–H groups in total. The van der Waals surface area contributed by atoms with Crippen LogP contribution in [0.25, 0.3) is 0 Å². The first-order valence-electron chi connectivity index (χ1n) is 12.2. The Morgan fingerprint density at radius 2 is 2.00 bits per heavy atom. The number of benzene rings is 1. The van der Waals surface area contributed by atoms with E-state index in [0.29, 0.717) is 13.2 Å². The van der Waals surface area contributed by atoms with E-state index in [1.54, 1.807) is 0 Å². The molecule has 2 amide bonds. The van der Waals surface area contributed by atoms with E-state index < -0.39 is 18.9 Å². The molecule has 5 aliphatic rings. The van der Waals surface area contributed by atoms with Crippen LogP contribution in [0.3, 0.4) is 0 Å². The maximum absolute atomic E-state index is 14.5. The van der Waals surface area contributed by atoms with Crippen molar-refractivity contribution in [1.82, 2.24) is 4.90 Å². The van der Waals surface area contributed by atoms with Gasteiger partial charge < -0.3 is 14.4 Å². The molecule has 2 saturated heterocycles. The maximum Gasteiger partial charge on any atom is 0.242 e. The third-order valence-corrected chi connectivity index (χ3v) is 11.0. The first kappa shape index (κ1) is 21.6. The molecule has 3 heterocycles. The summed E-state index contributed by atoms with van der Waals surface area (Å²) in [6.07, 6.45) is 2.39. The van der Waals surface area contributed by atoms with Crippen LogP contribution in [-0.2, 0) is 24.5 Å². The van der Waals surface area contributed by atoms with Crippen LogP contribution in [0.1, 0.15) is 12.0 Å². The summed E-state index contributed by atoms with van der Waals surface area (Å²) in [5, 5.41) is 0. The van der Waals surface area contributed by atoms with Crippen LogP contribution in [0.2, 0.25) is 25.7 Å². The minimum absolute atomic E-state index is 0.00207. The first-order chi connectivity index (χ1) is 15.7. The number of fused-ring (bicyclic) bond motifs is 5. The number of nitrogens with zero attached hydrogens (tertiary/aromatic N) is 2. The molecule has 0 aromatic heterocycles. The lowest BCUT2D eigenvalue weighted by molar-refractivity contribution is -0.168. The summed E-state index contributed by atoms with van der Waals surface area (Å²) < 4.78 is 12.5. The molecule has 33 heavy (non-hydrogen) atoms. The highest BCUT2D eigenvalue weighted by Gasteiger charge is 2.83. The van der Waals surface area contributed by atoms with Crippen LogP contribution in [0.15, 0.2) is 36.9 Å². The predicted molar refractivity (Wildman–Crippen MR) is 129 cm³/mol. The Morgan fingerprint density at radius 3 is 2.73 bits per heavy atom. The molecule has 1 aromatic carbocycles. The predicted octanol–water partition coefficient (Wildman–Crippen LogP) is 3.26. The first-order valence-corrected chi connectivity index (χ1v) is 15.9. The summed E-state index contributed by atoms with van der Waals surface area (Å²) in [6, 6.07) is 9.13. The number of para-hydroxylation sites is 1. The van der Waals surface area contributed by atoms with E-state index in [4.69, 9.17) is 9.47 Å². The number of carbonyl (C=O) groups is 2. The van der Waals surface area contributed by atoms with Gasteiger partial charge in [-0.25, -0.2) is 0 Å². The fourth-order valence-electron chi connectivity index (χ4n) is 8.02. The van der Waals surface area contributed by atoms with Crippen LogP contribution < -0.4 is 4.90 Å². The topological polar surface area (TPSA) is 59.1 Å². The SMILES string of the molecule is C=C[C@]12C(=O)N(C)[C@@H]3[C@H]4CO[C@H](C[C@H]41)[C@]1(C(=O)N(COCC[Si](C)(C)C)c4ccccc41)[C@@H]32. The lowest BCUT2D eigenvalue weighted by Gasteiger charge is -2.53. The average Bonchev–Trinajstić information content (AvgIpc) is 3.21. The van der Waals surface area contributed by atoms with Crippen molar-refractivity contribution in [2.24, 2.45) is 23.2 Å². The Bertz CT molecular complexity index is 1050. The standard InChI is InChI=1S/C26H34N2O4Si/c1-6-25-18-13-20-26(22(25)21(16(18)14-32-20)27(2)23(25)29)17-9-7-8-10-19(17)28(24(26)30)15-31-11-12-33(3,4)5/h6-10,16,18,20-22H,1,11-15H2,2-5H3/t16-,18+,20+,21+,22-,25-,26-/m0/s1. The Hall–Kier alpha value is -1.96. The van der Waals surface area contributed by atoms with Gasteiger partial charge in [-0.05, 0) is 30.0 Å². The number of piperidine rings is 1. The van der Waals surface area contributed by atoms with Gasteiger partial charge in [0.25, 0.3) is 0 Å². The van der Waals surface area contributed by atoms with E-state index in [1.165, 1.54) is 0 Å². The zero-order valence-corrected chi connectivity index (χ0v) is 21.0. The van der Waals surface area contributed by atoms with Crippen molar-refractivity contribution in [2.45, 2.75) is 49.7 Å². The van der Waals surface area contributed by atoms with Crippen molar-refractivity contribution in [1.29, 1.82) is 0 Å². The number of hydrogen-bond donors (Lipinski definition) is 0. The zero-order valence-electron chi connectivity index (χ0n) is 20.0. The number of rotatable bonds is 6. The lowest BCUT2D eigenvalue weighted by Crippen LogP contribution is -2.64. The molecule has 0 unspecified atom stereocenters. The Balaban J connectivity index is 1.45. The van der Waals surface area contributed by atoms with E-state index in [9.17, 15) is 9.59 Å². The summed E-state index contributed by atoms with van der Waals surface area (Å²) in [5.41, 5.74) is 0.336. The Morgan fingerprint density at radius 1 is 1.24 bits per heavy atom. The molecule has 6 rings (SSSR count). The van der Waals surface area contributed by atoms with Gasteiger partial charge >= 0.3 is 0 Å². The fraction of sp³-hybridized carbons (Fsp3) is 0.615. The van der Waals surface area contributed by atoms with Gasteiger partial charge in [-0.2, -0.15) is 0 Å². The van der Waals surface area contributed by atoms with Crippen molar-refractivity contribution in [3.05, 3.63) is 42.5 Å². The third kappa shape index (κ3) is 2.41. The van der Waals surface area contributed by atoms with Gasteiger partial charge in [-0.15, -0.1) is 6.58 Å². The normalized spacial score (nSPS) is 40.3. The molecule has 7 atom stereocenters. The highest BCUT2D eigenvalue weighted by molar-refractivity contribution is 6.76. The molecule has 4 fully saturated rings. The molecule has 3 aliphatic heterocycles. The van der Waals surface area contributed by atoms with Crippen molar-refractivity contribution in [2.75, 3.05) is 31.9 Å². The molecule has 5 bridgehead atoms. The molecule has 2 saturated carbocycles. The van der Waals surface area contributed by atoms with Crippen molar-refractivity contribution < 1.29 is 19.1 Å². The molecule has 1 spiro atoms. The van der Waals surface area contributed by atoms with Crippen LogP contribution >= 0.6 is 0 Å². The van der Waals surface area contributed by atoms with Crippen LogP contribution in [-0.4, -0.2) is 63.9 Å². The molecule has 6 nitrogen and oxygen atoms in total. The molecular formula is C26H34N2O4Si. The summed E-state index contributed by atoms with van der Waals surface area (Å²) in [6.45, 7) is 12.6. The molecule has 2 aliphatic carbocycles. The second-order valence-corrected chi connectivity index (χ2v) is 17.4. The van der Waals surface area contributed by atoms with E-state index in [2.05, 4.69) is 32.3 Å². The Labute approximate surface area is 196 Å². The van der Waals surface area contributed by atoms with Gasteiger partial charge in [0.15, 0.2) is 0 Å². The molecule has 7 heteroatoms. The summed E-state index contributed by atoms with van der Waals surface area (Å²) >= 11 is 0. The quantitative estimate of drug-likeness (QED) is 0.367. The highest BCUT2D eigenvalue weighted by Crippen LogP contribution is 2.74. The zero-order chi connectivity index (χ0) is 23.3. The van der Waals surface area contributed by atoms with Crippen LogP contribution in [0.4, 0.5) is 5.69 Å². The van der Waals surface area contributed by atoms with Crippen molar-refractivity contribution in [3.63, 3.8) is 0 Å². The van der Waals surface area contributed by atoms with E-state index in [1.807, 2.05) is 41.1 Å². The van der Waals surface area contributed by atoms with Gasteiger partial charge in [-0.3, -0.25) is 14.5 Å². The highest BCUT2D eigenvalue weighted by atomic mass is 28.3. The number of anilines is 1. The number of hydrogen-bond acceptors (Lipinski definition) is 4. The second kappa shape index (κ2) is 6.80. The minimum Gasteiger partial charge on any atom is -0.376 e. The van der Waals surface area contributed by atoms with Crippen molar-refractivity contribution >= 4 is 25.6 Å². The average molecular weight is 467 g/mol. The molecule has 176 valence electrons. The molecular weight excluding hydrogens is 432 g/mol. The smallest absolute Gasteiger partial charge is 0.242 e. The van der Waals surface area contributed by atoms with Crippen LogP contribution in [0, 0.1) is 23.2 Å². The second-order valence-electron chi connectivity index (χ2n) is 11.8. The van der Waals surface area contributed by atoms with Crippen molar-refractivity contribution in [3.8, 4) is 0 Å². The van der Waals surface area contributed by atoms with Gasteiger partial charge in [0.2, 0.25) is 11.8 Å². The van der Waals surface area contributed by atoms with E-state index in [-0.39, 0.29) is 48.4 Å². The number of carbonyl (C=O) groups excluding carboxylic acids is 2. The summed E-state index contributed by atoms with van der Waals surface area (Å²) in [4.78, 5) is 31.8. The van der Waals surface area contributed by atoms with Gasteiger partial charge in [-0.1, -0.05) is 43.9 Å². The third-order valence-electron chi connectivity index (χ3n) is 9.31. The number of ether oxygens (including phenoxy) is 2. The van der Waals surface area contributed by atoms with E-state index in [0.717, 1.165) is 23.7 Å². The number of amides is 2. The monoisotopic (exact) mass is 466 g/mol. The summed E-state index contributed by atoms with van der Waals surface area (Å²) in [5.74, 6) is 0.473. The molecule has 0 radical (unpaired) electrons. The summed E-state index contributed by atoms with van der Waals surface area (Å²) in [7, 11) is 0.672. The van der Waals surface area contributed by atoms with Gasteiger partial charge in [0.05, 0.1) is 23.8 Å². The maximum atomic E-state index is 14.5. The molecule has 1 aromatic rings. The number of likely N-dealkylation sites (tertiary alicyclic amines) is 1. The fourth-order valence-corrected chi connectivity index (χ4v) is 8.77.